The first-order valence-corrected chi connectivity index (χ1v) is 6.11. The highest BCUT2D eigenvalue weighted by molar-refractivity contribution is 5.85. The molecule has 0 amide bonds. The van der Waals surface area contributed by atoms with Crippen LogP contribution in [0.1, 0.15) is 30.1 Å². The summed E-state index contributed by atoms with van der Waals surface area (Å²) in [5.74, 6) is 0. The molecule has 1 aromatic carbocycles. The zero-order chi connectivity index (χ0) is 12.0. The van der Waals surface area contributed by atoms with Crippen molar-refractivity contribution >= 4 is 10.9 Å². The lowest BCUT2D eigenvalue weighted by Crippen LogP contribution is -2.26. The number of benzene rings is 1. The first-order chi connectivity index (χ1) is 8.18. The topological polar surface area (TPSA) is 62.0 Å². The second-order valence-corrected chi connectivity index (χ2v) is 5.21. The molecule has 1 aliphatic carbocycles. The van der Waals surface area contributed by atoms with Gasteiger partial charge >= 0.3 is 0 Å². The largest absolute Gasteiger partial charge is 0.396 e. The van der Waals surface area contributed by atoms with Gasteiger partial charge < -0.3 is 15.8 Å². The van der Waals surface area contributed by atoms with E-state index in [1.165, 1.54) is 10.9 Å². The number of nitrogens with one attached hydrogen (secondary N) is 1. The number of para-hydroxylation sites is 1. The summed E-state index contributed by atoms with van der Waals surface area (Å²) in [7, 11) is 0. The van der Waals surface area contributed by atoms with E-state index in [1.807, 2.05) is 12.1 Å². The number of aliphatic hydroxyl groups is 1. The van der Waals surface area contributed by atoms with Crippen LogP contribution in [-0.4, -0.2) is 16.7 Å². The van der Waals surface area contributed by atoms with Crippen molar-refractivity contribution in [2.24, 2.45) is 11.1 Å². The Morgan fingerprint density at radius 3 is 2.76 bits per heavy atom. The fraction of sp³-hybridized carbons (Fsp3) is 0.429. The Kier molecular flexibility index (Phi) is 2.28. The lowest BCUT2D eigenvalue weighted by Gasteiger charge is -2.21. The zero-order valence-corrected chi connectivity index (χ0v) is 10.0. The number of aryl methyl sites for hydroxylation is 1. The Hall–Kier alpha value is -1.32. The first-order valence-electron chi connectivity index (χ1n) is 6.11. The molecule has 1 unspecified atom stereocenters. The van der Waals surface area contributed by atoms with Gasteiger partial charge in [0.25, 0.3) is 0 Å². The molecule has 1 atom stereocenters. The molecular formula is C14H18N2O. The van der Waals surface area contributed by atoms with E-state index in [1.54, 1.807) is 0 Å². The van der Waals surface area contributed by atoms with Crippen LogP contribution in [0, 0.1) is 12.3 Å². The third-order valence-electron chi connectivity index (χ3n) is 4.12. The summed E-state index contributed by atoms with van der Waals surface area (Å²) in [5, 5.41) is 10.7. The summed E-state index contributed by atoms with van der Waals surface area (Å²) in [6.45, 7) is 2.25. The number of fused-ring (bicyclic) bond motifs is 1. The van der Waals surface area contributed by atoms with E-state index in [0.717, 1.165) is 24.1 Å². The van der Waals surface area contributed by atoms with Gasteiger partial charge in [-0.15, -0.1) is 0 Å². The highest BCUT2D eigenvalue weighted by Gasteiger charge is 2.48. The smallest absolute Gasteiger partial charge is 0.0505 e. The highest BCUT2D eigenvalue weighted by Crippen LogP contribution is 2.54. The molecule has 4 N–H and O–H groups in total. The second-order valence-electron chi connectivity index (χ2n) is 5.21. The lowest BCUT2D eigenvalue weighted by atomic mass is 9.90. The van der Waals surface area contributed by atoms with Gasteiger partial charge in [0, 0.05) is 28.1 Å². The van der Waals surface area contributed by atoms with E-state index >= 15 is 0 Å². The third kappa shape index (κ3) is 1.50. The molecule has 3 rings (SSSR count). The van der Waals surface area contributed by atoms with Crippen molar-refractivity contribution in [2.45, 2.75) is 25.8 Å². The maximum absolute atomic E-state index is 9.50. The van der Waals surface area contributed by atoms with Crippen LogP contribution in [-0.2, 0) is 0 Å². The number of rotatable bonds is 3. The standard InChI is InChI=1S/C14H18N2O/c1-9-12(13(15)14(8-17)6-7-14)10-4-2-3-5-11(10)16-9/h2-5,13,16-17H,6-8,15H2,1H3. The number of aliphatic hydroxyl groups excluding tert-OH is 1. The van der Waals surface area contributed by atoms with Crippen LogP contribution in [0.25, 0.3) is 10.9 Å². The van der Waals surface area contributed by atoms with E-state index in [4.69, 9.17) is 5.73 Å². The molecule has 1 saturated carbocycles. The predicted molar refractivity (Wildman–Crippen MR) is 68.7 cm³/mol. The lowest BCUT2D eigenvalue weighted by molar-refractivity contribution is 0.188. The van der Waals surface area contributed by atoms with Crippen LogP contribution >= 0.6 is 0 Å². The van der Waals surface area contributed by atoms with Gasteiger partial charge in [-0.3, -0.25) is 0 Å². The maximum Gasteiger partial charge on any atom is 0.0505 e. The summed E-state index contributed by atoms with van der Waals surface area (Å²) in [6.07, 6.45) is 2.06. The first kappa shape index (κ1) is 10.8. The molecule has 17 heavy (non-hydrogen) atoms. The summed E-state index contributed by atoms with van der Waals surface area (Å²) in [6, 6.07) is 8.15. The van der Waals surface area contributed by atoms with Gasteiger partial charge in [-0.2, -0.15) is 0 Å². The maximum atomic E-state index is 9.50. The fourth-order valence-electron chi connectivity index (χ4n) is 2.73. The van der Waals surface area contributed by atoms with E-state index in [2.05, 4.69) is 24.0 Å². The highest BCUT2D eigenvalue weighted by atomic mass is 16.3. The fourth-order valence-corrected chi connectivity index (χ4v) is 2.73. The summed E-state index contributed by atoms with van der Waals surface area (Å²) >= 11 is 0. The molecule has 3 heteroatoms. The predicted octanol–water partition coefficient (Wildman–Crippen LogP) is 2.25. The third-order valence-corrected chi connectivity index (χ3v) is 4.12. The van der Waals surface area contributed by atoms with Gasteiger partial charge in [-0.05, 0) is 31.4 Å². The minimum Gasteiger partial charge on any atom is -0.396 e. The minimum atomic E-state index is -0.0737. The van der Waals surface area contributed by atoms with E-state index in [-0.39, 0.29) is 18.1 Å². The van der Waals surface area contributed by atoms with Crippen molar-refractivity contribution in [1.29, 1.82) is 0 Å². The Morgan fingerprint density at radius 1 is 1.41 bits per heavy atom. The Morgan fingerprint density at radius 2 is 2.12 bits per heavy atom. The van der Waals surface area contributed by atoms with Crippen molar-refractivity contribution in [3.8, 4) is 0 Å². The van der Waals surface area contributed by atoms with Crippen LogP contribution in [0.4, 0.5) is 0 Å². The van der Waals surface area contributed by atoms with Gasteiger partial charge in [0.1, 0.15) is 0 Å². The average molecular weight is 230 g/mol. The number of hydrogen-bond acceptors (Lipinski definition) is 2. The van der Waals surface area contributed by atoms with E-state index in [0.29, 0.717) is 0 Å². The number of aromatic nitrogens is 1. The zero-order valence-electron chi connectivity index (χ0n) is 10.0. The molecule has 1 heterocycles. The molecule has 1 aliphatic rings. The normalized spacial score (nSPS) is 19.5. The molecule has 0 spiro atoms. The van der Waals surface area contributed by atoms with Gasteiger partial charge in [0.05, 0.1) is 6.61 Å². The molecule has 0 saturated heterocycles. The molecule has 2 aromatic rings. The van der Waals surface area contributed by atoms with Crippen molar-refractivity contribution in [1.82, 2.24) is 4.98 Å². The Balaban J connectivity index is 2.13. The van der Waals surface area contributed by atoms with Crippen LogP contribution < -0.4 is 5.73 Å². The number of nitrogens with two attached hydrogens (primary N) is 1. The van der Waals surface area contributed by atoms with Crippen LogP contribution in [0.15, 0.2) is 24.3 Å². The van der Waals surface area contributed by atoms with Gasteiger partial charge in [-0.25, -0.2) is 0 Å². The molecule has 0 bridgehead atoms. The number of hydrogen-bond donors (Lipinski definition) is 3. The van der Waals surface area contributed by atoms with Crippen LogP contribution in [0.2, 0.25) is 0 Å². The number of aromatic amines is 1. The second kappa shape index (κ2) is 3.59. The van der Waals surface area contributed by atoms with E-state index < -0.39 is 0 Å². The van der Waals surface area contributed by atoms with Crippen molar-refractivity contribution < 1.29 is 5.11 Å². The summed E-state index contributed by atoms with van der Waals surface area (Å²) < 4.78 is 0. The quantitative estimate of drug-likeness (QED) is 0.757. The Labute approximate surface area is 101 Å². The van der Waals surface area contributed by atoms with Gasteiger partial charge in [-0.1, -0.05) is 18.2 Å². The van der Waals surface area contributed by atoms with Crippen LogP contribution in [0.3, 0.4) is 0 Å². The molecule has 1 aromatic heterocycles. The molecule has 0 radical (unpaired) electrons. The van der Waals surface area contributed by atoms with Crippen molar-refractivity contribution in [3.63, 3.8) is 0 Å². The molecule has 3 nitrogen and oxygen atoms in total. The van der Waals surface area contributed by atoms with Gasteiger partial charge in [0.2, 0.25) is 0 Å². The monoisotopic (exact) mass is 230 g/mol. The molecule has 1 fully saturated rings. The summed E-state index contributed by atoms with van der Waals surface area (Å²) in [4.78, 5) is 3.37. The molecule has 90 valence electrons. The van der Waals surface area contributed by atoms with E-state index in [9.17, 15) is 5.11 Å². The SMILES string of the molecule is Cc1[nH]c2ccccc2c1C(N)C1(CO)CC1. The summed E-state index contributed by atoms with van der Waals surface area (Å²) in [5.41, 5.74) is 9.73. The molecule has 0 aliphatic heterocycles. The van der Waals surface area contributed by atoms with Crippen LogP contribution in [0.5, 0.6) is 0 Å². The van der Waals surface area contributed by atoms with Crippen molar-refractivity contribution in [2.75, 3.05) is 6.61 Å². The minimum absolute atomic E-state index is 0.0661. The van der Waals surface area contributed by atoms with Gasteiger partial charge in [0.15, 0.2) is 0 Å². The number of H-pyrrole nitrogens is 1. The van der Waals surface area contributed by atoms with Crippen molar-refractivity contribution in [3.05, 3.63) is 35.5 Å². The average Bonchev–Trinajstić information content (AvgIpc) is 3.06. The molecular weight excluding hydrogens is 212 g/mol. The Bertz CT molecular complexity index is 554.